The lowest BCUT2D eigenvalue weighted by Gasteiger charge is -2.30. The summed E-state index contributed by atoms with van der Waals surface area (Å²) in [5.74, 6) is -0.124. The minimum atomic E-state index is -0.124. The summed E-state index contributed by atoms with van der Waals surface area (Å²) in [4.78, 5) is 2.48. The summed E-state index contributed by atoms with van der Waals surface area (Å²) in [5.41, 5.74) is 2.61. The van der Waals surface area contributed by atoms with Crippen LogP contribution < -0.4 is 0 Å². The SMILES string of the molecule is CN1C2C=C(c3ccc(F)c4ccccc34)CC1CC2. The van der Waals surface area contributed by atoms with E-state index in [-0.39, 0.29) is 5.82 Å². The van der Waals surface area contributed by atoms with Crippen LogP contribution in [0.3, 0.4) is 0 Å². The second kappa shape index (κ2) is 4.42. The zero-order valence-corrected chi connectivity index (χ0v) is 11.6. The molecule has 1 fully saturated rings. The maximum absolute atomic E-state index is 13.9. The van der Waals surface area contributed by atoms with Gasteiger partial charge in [0.1, 0.15) is 5.82 Å². The molecule has 2 heteroatoms. The molecule has 2 aromatic rings. The minimum Gasteiger partial charge on any atom is -0.297 e. The Morgan fingerprint density at radius 2 is 1.85 bits per heavy atom. The Morgan fingerprint density at radius 1 is 1.05 bits per heavy atom. The van der Waals surface area contributed by atoms with Gasteiger partial charge in [0.05, 0.1) is 0 Å². The van der Waals surface area contributed by atoms with Crippen molar-refractivity contribution in [3.63, 3.8) is 0 Å². The van der Waals surface area contributed by atoms with Crippen LogP contribution in [0.25, 0.3) is 16.3 Å². The minimum absolute atomic E-state index is 0.124. The van der Waals surface area contributed by atoms with Gasteiger partial charge in [-0.15, -0.1) is 0 Å². The lowest BCUT2D eigenvalue weighted by atomic mass is 9.91. The van der Waals surface area contributed by atoms with E-state index in [2.05, 4.69) is 18.0 Å². The molecule has 0 saturated carbocycles. The molecule has 102 valence electrons. The summed E-state index contributed by atoms with van der Waals surface area (Å²) in [6.45, 7) is 0. The third-order valence-corrected chi connectivity index (χ3v) is 4.96. The molecule has 0 spiro atoms. The molecular formula is C18H18FN. The molecule has 4 rings (SSSR count). The number of halogens is 1. The Kier molecular flexibility index (Phi) is 2.67. The molecule has 2 unspecified atom stereocenters. The van der Waals surface area contributed by atoms with Gasteiger partial charge in [-0.3, -0.25) is 4.90 Å². The van der Waals surface area contributed by atoms with Crippen LogP contribution in [0, 0.1) is 5.82 Å². The van der Waals surface area contributed by atoms with Gasteiger partial charge in [-0.25, -0.2) is 4.39 Å². The van der Waals surface area contributed by atoms with Gasteiger partial charge in [-0.2, -0.15) is 0 Å². The van der Waals surface area contributed by atoms with Crippen molar-refractivity contribution < 1.29 is 4.39 Å². The van der Waals surface area contributed by atoms with E-state index in [0.717, 1.165) is 17.2 Å². The van der Waals surface area contributed by atoms with Crippen LogP contribution in [0.2, 0.25) is 0 Å². The molecule has 2 aliphatic rings. The molecular weight excluding hydrogens is 249 g/mol. The standard InChI is InChI=1S/C18H18FN/c1-20-13-6-7-14(20)11-12(10-13)15-8-9-18(19)17-5-3-2-4-16(15)17/h2-5,8-10,13-14H,6-7,11H2,1H3. The molecule has 0 aliphatic carbocycles. The number of hydrogen-bond donors (Lipinski definition) is 0. The predicted octanol–water partition coefficient (Wildman–Crippen LogP) is 4.23. The van der Waals surface area contributed by atoms with E-state index in [0.29, 0.717) is 12.1 Å². The van der Waals surface area contributed by atoms with E-state index in [1.165, 1.54) is 24.0 Å². The smallest absolute Gasteiger partial charge is 0.131 e. The first-order valence-corrected chi connectivity index (χ1v) is 7.34. The summed E-state index contributed by atoms with van der Waals surface area (Å²) in [5, 5.41) is 1.78. The van der Waals surface area contributed by atoms with Crippen LogP contribution in [-0.2, 0) is 0 Å². The van der Waals surface area contributed by atoms with E-state index in [9.17, 15) is 4.39 Å². The van der Waals surface area contributed by atoms with Crippen LogP contribution >= 0.6 is 0 Å². The zero-order valence-electron chi connectivity index (χ0n) is 11.6. The third-order valence-electron chi connectivity index (χ3n) is 4.96. The van der Waals surface area contributed by atoms with Gasteiger partial charge in [0.15, 0.2) is 0 Å². The monoisotopic (exact) mass is 267 g/mol. The summed E-state index contributed by atoms with van der Waals surface area (Å²) < 4.78 is 13.9. The van der Waals surface area contributed by atoms with Crippen molar-refractivity contribution in [1.29, 1.82) is 0 Å². The fraction of sp³-hybridized carbons (Fsp3) is 0.333. The highest BCUT2D eigenvalue weighted by molar-refractivity contribution is 5.94. The van der Waals surface area contributed by atoms with E-state index in [1.807, 2.05) is 30.3 Å². The van der Waals surface area contributed by atoms with Crippen LogP contribution in [0.4, 0.5) is 4.39 Å². The number of hydrogen-bond acceptors (Lipinski definition) is 1. The summed E-state index contributed by atoms with van der Waals surface area (Å²) in [7, 11) is 2.22. The molecule has 2 aliphatic heterocycles. The van der Waals surface area contributed by atoms with E-state index in [4.69, 9.17) is 0 Å². The van der Waals surface area contributed by atoms with Crippen molar-refractivity contribution >= 4 is 16.3 Å². The van der Waals surface area contributed by atoms with Crippen LogP contribution in [0.5, 0.6) is 0 Å². The Hall–Kier alpha value is -1.67. The molecule has 0 radical (unpaired) electrons. The fourth-order valence-corrected chi connectivity index (χ4v) is 3.78. The van der Waals surface area contributed by atoms with Gasteiger partial charge in [0.2, 0.25) is 0 Å². The number of benzene rings is 2. The molecule has 1 nitrogen and oxygen atoms in total. The van der Waals surface area contributed by atoms with E-state index in [1.54, 1.807) is 6.07 Å². The largest absolute Gasteiger partial charge is 0.297 e. The van der Waals surface area contributed by atoms with Crippen molar-refractivity contribution in [2.24, 2.45) is 0 Å². The van der Waals surface area contributed by atoms with Crippen molar-refractivity contribution in [2.75, 3.05) is 7.05 Å². The quantitative estimate of drug-likeness (QED) is 0.747. The van der Waals surface area contributed by atoms with Gasteiger partial charge in [0.25, 0.3) is 0 Å². The molecule has 2 aromatic carbocycles. The highest BCUT2D eigenvalue weighted by Gasteiger charge is 2.34. The van der Waals surface area contributed by atoms with E-state index >= 15 is 0 Å². The first kappa shape index (κ1) is 12.1. The van der Waals surface area contributed by atoms with Gasteiger partial charge in [-0.05, 0) is 48.9 Å². The normalized spacial score (nSPS) is 26.0. The summed E-state index contributed by atoms with van der Waals surface area (Å²) >= 11 is 0. The predicted molar refractivity (Wildman–Crippen MR) is 81.1 cm³/mol. The number of likely N-dealkylation sites (N-methyl/N-ethyl adjacent to an activating group) is 1. The highest BCUT2D eigenvalue weighted by Crippen LogP contribution is 2.39. The van der Waals surface area contributed by atoms with Gasteiger partial charge < -0.3 is 0 Å². The molecule has 0 aromatic heterocycles. The lowest BCUT2D eigenvalue weighted by Crippen LogP contribution is -2.34. The van der Waals surface area contributed by atoms with Crippen molar-refractivity contribution in [3.8, 4) is 0 Å². The second-order valence-corrected chi connectivity index (χ2v) is 6.00. The molecule has 0 N–H and O–H groups in total. The molecule has 2 bridgehead atoms. The first-order chi connectivity index (χ1) is 9.74. The van der Waals surface area contributed by atoms with Crippen LogP contribution in [0.15, 0.2) is 42.5 Å². The van der Waals surface area contributed by atoms with Crippen LogP contribution in [0.1, 0.15) is 24.8 Å². The average molecular weight is 267 g/mol. The number of nitrogens with zero attached hydrogens (tertiary/aromatic N) is 1. The van der Waals surface area contributed by atoms with Gasteiger partial charge >= 0.3 is 0 Å². The maximum atomic E-state index is 13.9. The summed E-state index contributed by atoms with van der Waals surface area (Å²) in [6.07, 6.45) is 6.01. The zero-order chi connectivity index (χ0) is 13.7. The fourth-order valence-electron chi connectivity index (χ4n) is 3.78. The Bertz CT molecular complexity index is 704. The Balaban J connectivity index is 1.88. The van der Waals surface area contributed by atoms with Crippen molar-refractivity contribution in [3.05, 3.63) is 53.9 Å². The average Bonchev–Trinajstić information content (AvgIpc) is 2.70. The van der Waals surface area contributed by atoms with Crippen molar-refractivity contribution in [1.82, 2.24) is 4.90 Å². The maximum Gasteiger partial charge on any atom is 0.131 e. The van der Waals surface area contributed by atoms with Gasteiger partial charge in [-0.1, -0.05) is 36.4 Å². The Labute approximate surface area is 118 Å². The van der Waals surface area contributed by atoms with E-state index < -0.39 is 0 Å². The molecule has 2 heterocycles. The first-order valence-electron chi connectivity index (χ1n) is 7.34. The lowest BCUT2D eigenvalue weighted by molar-refractivity contribution is 0.264. The number of rotatable bonds is 1. The third kappa shape index (κ3) is 1.71. The molecule has 2 atom stereocenters. The number of fused-ring (bicyclic) bond motifs is 3. The molecule has 20 heavy (non-hydrogen) atoms. The van der Waals surface area contributed by atoms with Gasteiger partial charge in [0, 0.05) is 17.5 Å². The highest BCUT2D eigenvalue weighted by atomic mass is 19.1. The molecule has 1 saturated heterocycles. The van der Waals surface area contributed by atoms with Crippen molar-refractivity contribution in [2.45, 2.75) is 31.3 Å². The molecule has 0 amide bonds. The van der Waals surface area contributed by atoms with Crippen LogP contribution in [-0.4, -0.2) is 24.0 Å². The summed E-state index contributed by atoms with van der Waals surface area (Å²) in [6, 6.07) is 12.6. The Morgan fingerprint density at radius 3 is 2.65 bits per heavy atom. The second-order valence-electron chi connectivity index (χ2n) is 6.00. The topological polar surface area (TPSA) is 3.24 Å².